The van der Waals surface area contributed by atoms with Crippen molar-refractivity contribution in [3.63, 3.8) is 0 Å². The SMILES string of the molecule is CCCCC=Cc1ccccc1F. The summed E-state index contributed by atoms with van der Waals surface area (Å²) in [6.45, 7) is 2.15. The largest absolute Gasteiger partial charge is 0.206 e. The van der Waals surface area contributed by atoms with Gasteiger partial charge in [-0.3, -0.25) is 0 Å². The molecule has 0 saturated carbocycles. The van der Waals surface area contributed by atoms with Crippen LogP contribution in [0.25, 0.3) is 6.08 Å². The maximum Gasteiger partial charge on any atom is 0.130 e. The highest BCUT2D eigenvalue weighted by Crippen LogP contribution is 2.09. The molecule has 0 heterocycles. The predicted molar refractivity (Wildman–Crippen MR) is 55.0 cm³/mol. The molecule has 0 aliphatic rings. The second-order valence-corrected chi connectivity index (χ2v) is 3.07. The first-order chi connectivity index (χ1) is 6.34. The Morgan fingerprint density at radius 2 is 2.08 bits per heavy atom. The highest BCUT2D eigenvalue weighted by Gasteiger charge is 1.93. The molecule has 0 aromatic heterocycles. The number of allylic oxidation sites excluding steroid dienone is 1. The summed E-state index contributed by atoms with van der Waals surface area (Å²) < 4.78 is 13.0. The molecular formula is C12H15F. The lowest BCUT2D eigenvalue weighted by Crippen LogP contribution is -1.79. The Balaban J connectivity index is 2.53. The Hall–Kier alpha value is -1.11. The summed E-state index contributed by atoms with van der Waals surface area (Å²) in [5, 5.41) is 0. The molecule has 0 bridgehead atoms. The third-order valence-corrected chi connectivity index (χ3v) is 1.93. The molecule has 0 aliphatic carbocycles. The van der Waals surface area contributed by atoms with Crippen LogP contribution in [0.15, 0.2) is 30.3 Å². The normalized spacial score (nSPS) is 10.9. The Bertz CT molecular complexity index is 276. The van der Waals surface area contributed by atoms with Crippen molar-refractivity contribution >= 4 is 6.08 Å². The summed E-state index contributed by atoms with van der Waals surface area (Å²) in [6, 6.07) is 6.83. The number of benzene rings is 1. The van der Waals surface area contributed by atoms with E-state index in [0.717, 1.165) is 6.42 Å². The van der Waals surface area contributed by atoms with Gasteiger partial charge in [-0.1, -0.05) is 50.1 Å². The highest BCUT2D eigenvalue weighted by atomic mass is 19.1. The van der Waals surface area contributed by atoms with Gasteiger partial charge in [-0.05, 0) is 12.5 Å². The zero-order chi connectivity index (χ0) is 9.52. The standard InChI is InChI=1S/C12H15F/c1-2-3-4-5-8-11-9-6-7-10-12(11)13/h5-10H,2-4H2,1H3. The molecule has 0 atom stereocenters. The van der Waals surface area contributed by atoms with Gasteiger partial charge < -0.3 is 0 Å². The average Bonchev–Trinajstić information content (AvgIpc) is 2.15. The Kier molecular flexibility index (Phi) is 4.24. The van der Waals surface area contributed by atoms with E-state index in [0.29, 0.717) is 5.56 Å². The zero-order valence-electron chi connectivity index (χ0n) is 7.96. The van der Waals surface area contributed by atoms with E-state index in [1.54, 1.807) is 12.1 Å². The monoisotopic (exact) mass is 178 g/mol. The highest BCUT2D eigenvalue weighted by molar-refractivity contribution is 5.49. The van der Waals surface area contributed by atoms with Crippen molar-refractivity contribution in [2.45, 2.75) is 26.2 Å². The van der Waals surface area contributed by atoms with Crippen LogP contribution in [0.2, 0.25) is 0 Å². The van der Waals surface area contributed by atoms with E-state index in [1.807, 2.05) is 18.2 Å². The van der Waals surface area contributed by atoms with Crippen LogP contribution in [-0.2, 0) is 0 Å². The summed E-state index contributed by atoms with van der Waals surface area (Å²) in [5.41, 5.74) is 0.679. The van der Waals surface area contributed by atoms with Crippen molar-refractivity contribution in [3.05, 3.63) is 41.7 Å². The molecule has 1 rings (SSSR count). The van der Waals surface area contributed by atoms with Gasteiger partial charge in [0.25, 0.3) is 0 Å². The minimum Gasteiger partial charge on any atom is -0.206 e. The van der Waals surface area contributed by atoms with Crippen LogP contribution in [0.1, 0.15) is 31.7 Å². The summed E-state index contributed by atoms with van der Waals surface area (Å²) in [5.74, 6) is -0.143. The third kappa shape index (κ3) is 3.41. The van der Waals surface area contributed by atoms with E-state index < -0.39 is 0 Å². The molecule has 13 heavy (non-hydrogen) atoms. The number of unbranched alkanes of at least 4 members (excludes halogenated alkanes) is 2. The molecule has 0 unspecified atom stereocenters. The third-order valence-electron chi connectivity index (χ3n) is 1.93. The van der Waals surface area contributed by atoms with E-state index in [1.165, 1.54) is 18.9 Å². The van der Waals surface area contributed by atoms with Gasteiger partial charge in [0, 0.05) is 5.56 Å². The molecule has 0 amide bonds. The first-order valence-electron chi connectivity index (χ1n) is 4.75. The van der Waals surface area contributed by atoms with Crippen molar-refractivity contribution in [1.29, 1.82) is 0 Å². The van der Waals surface area contributed by atoms with E-state index in [4.69, 9.17) is 0 Å². The quantitative estimate of drug-likeness (QED) is 0.611. The minimum absolute atomic E-state index is 0.143. The van der Waals surface area contributed by atoms with Gasteiger partial charge in [0.05, 0.1) is 0 Å². The topological polar surface area (TPSA) is 0 Å². The van der Waals surface area contributed by atoms with Gasteiger partial charge in [0.15, 0.2) is 0 Å². The van der Waals surface area contributed by atoms with E-state index in [-0.39, 0.29) is 5.82 Å². The summed E-state index contributed by atoms with van der Waals surface area (Å²) >= 11 is 0. The summed E-state index contributed by atoms with van der Waals surface area (Å²) in [7, 11) is 0. The molecule has 1 aromatic rings. The minimum atomic E-state index is -0.143. The average molecular weight is 178 g/mol. The van der Waals surface area contributed by atoms with E-state index >= 15 is 0 Å². The van der Waals surface area contributed by atoms with E-state index in [2.05, 4.69) is 6.92 Å². The molecule has 0 saturated heterocycles. The maximum absolute atomic E-state index is 13.0. The number of hydrogen-bond acceptors (Lipinski definition) is 0. The van der Waals surface area contributed by atoms with Crippen LogP contribution in [0.3, 0.4) is 0 Å². The Labute approximate surface area is 79.1 Å². The molecule has 0 aliphatic heterocycles. The van der Waals surface area contributed by atoms with Crippen LogP contribution in [-0.4, -0.2) is 0 Å². The molecule has 0 radical (unpaired) electrons. The molecule has 1 heteroatoms. The molecule has 0 fully saturated rings. The number of hydrogen-bond donors (Lipinski definition) is 0. The molecule has 0 N–H and O–H groups in total. The van der Waals surface area contributed by atoms with Gasteiger partial charge in [-0.25, -0.2) is 4.39 Å². The van der Waals surface area contributed by atoms with Crippen molar-refractivity contribution in [2.75, 3.05) is 0 Å². The molecule has 1 aromatic carbocycles. The summed E-state index contributed by atoms with van der Waals surface area (Å²) in [6.07, 6.45) is 7.27. The molecule has 0 spiro atoms. The Morgan fingerprint density at radius 3 is 2.77 bits per heavy atom. The maximum atomic E-state index is 13.0. The van der Waals surface area contributed by atoms with Gasteiger partial charge in [0.1, 0.15) is 5.82 Å². The lowest BCUT2D eigenvalue weighted by Gasteiger charge is -1.94. The molecular weight excluding hydrogens is 163 g/mol. The lowest BCUT2D eigenvalue weighted by molar-refractivity contribution is 0.625. The second kappa shape index (κ2) is 5.52. The summed E-state index contributed by atoms with van der Waals surface area (Å²) in [4.78, 5) is 0. The first kappa shape index (κ1) is 9.97. The lowest BCUT2D eigenvalue weighted by atomic mass is 10.1. The number of rotatable bonds is 4. The zero-order valence-corrected chi connectivity index (χ0v) is 7.96. The van der Waals surface area contributed by atoms with Crippen LogP contribution < -0.4 is 0 Å². The van der Waals surface area contributed by atoms with Crippen LogP contribution >= 0.6 is 0 Å². The first-order valence-corrected chi connectivity index (χ1v) is 4.75. The van der Waals surface area contributed by atoms with Gasteiger partial charge in [-0.2, -0.15) is 0 Å². The van der Waals surface area contributed by atoms with Crippen molar-refractivity contribution < 1.29 is 4.39 Å². The molecule has 70 valence electrons. The van der Waals surface area contributed by atoms with Crippen LogP contribution in [0.5, 0.6) is 0 Å². The van der Waals surface area contributed by atoms with Crippen molar-refractivity contribution in [2.24, 2.45) is 0 Å². The Morgan fingerprint density at radius 1 is 1.31 bits per heavy atom. The van der Waals surface area contributed by atoms with Crippen molar-refractivity contribution in [1.82, 2.24) is 0 Å². The smallest absolute Gasteiger partial charge is 0.130 e. The van der Waals surface area contributed by atoms with Gasteiger partial charge in [-0.15, -0.1) is 0 Å². The van der Waals surface area contributed by atoms with Crippen molar-refractivity contribution in [3.8, 4) is 0 Å². The molecule has 0 nitrogen and oxygen atoms in total. The second-order valence-electron chi connectivity index (χ2n) is 3.07. The fourth-order valence-corrected chi connectivity index (χ4v) is 1.14. The van der Waals surface area contributed by atoms with Crippen LogP contribution in [0, 0.1) is 5.82 Å². The van der Waals surface area contributed by atoms with Gasteiger partial charge in [0.2, 0.25) is 0 Å². The fraction of sp³-hybridized carbons (Fsp3) is 0.333. The van der Waals surface area contributed by atoms with Gasteiger partial charge >= 0.3 is 0 Å². The predicted octanol–water partition coefficient (Wildman–Crippen LogP) is 4.03. The van der Waals surface area contributed by atoms with Crippen LogP contribution in [0.4, 0.5) is 4.39 Å². The van der Waals surface area contributed by atoms with E-state index in [9.17, 15) is 4.39 Å². The number of halogens is 1. The fourth-order valence-electron chi connectivity index (χ4n) is 1.14.